The third kappa shape index (κ3) is 13.5. The van der Waals surface area contributed by atoms with Gasteiger partial charge in [0, 0.05) is 33.1 Å². The molecule has 1 atom stereocenters. The van der Waals surface area contributed by atoms with Crippen LogP contribution in [0.15, 0.2) is 30.3 Å². The molecule has 0 amide bonds. The van der Waals surface area contributed by atoms with Gasteiger partial charge >= 0.3 is 0 Å². The minimum atomic E-state index is 0.313. The summed E-state index contributed by atoms with van der Waals surface area (Å²) in [4.78, 5) is 11.4. The monoisotopic (exact) mass is 295 g/mol. The molecule has 122 valence electrons. The molecule has 1 aromatic rings. The van der Waals surface area contributed by atoms with Crippen molar-refractivity contribution in [3.05, 3.63) is 35.9 Å². The Morgan fingerprint density at radius 1 is 1.19 bits per heavy atom. The van der Waals surface area contributed by atoms with E-state index in [0.717, 1.165) is 12.8 Å². The van der Waals surface area contributed by atoms with E-state index in [-0.39, 0.29) is 0 Å². The Hall–Kier alpha value is -1.19. The van der Waals surface area contributed by atoms with Gasteiger partial charge in [-0.3, -0.25) is 4.79 Å². The third-order valence-electron chi connectivity index (χ3n) is 2.90. The minimum absolute atomic E-state index is 0.313. The summed E-state index contributed by atoms with van der Waals surface area (Å²) in [5, 5.41) is 3.22. The van der Waals surface area contributed by atoms with Crippen molar-refractivity contribution in [1.29, 1.82) is 0 Å². The lowest BCUT2D eigenvalue weighted by atomic mass is 10.0. The first-order valence-corrected chi connectivity index (χ1v) is 7.80. The summed E-state index contributed by atoms with van der Waals surface area (Å²) in [6, 6.07) is 10.7. The second-order valence-electron chi connectivity index (χ2n) is 4.51. The lowest BCUT2D eigenvalue weighted by molar-refractivity contribution is -0.119. The molecule has 0 saturated heterocycles. The van der Waals surface area contributed by atoms with Crippen LogP contribution >= 0.6 is 0 Å². The van der Waals surface area contributed by atoms with Gasteiger partial charge in [-0.2, -0.15) is 0 Å². The number of ketones is 1. The highest BCUT2D eigenvalue weighted by Crippen LogP contribution is 2.08. The van der Waals surface area contributed by atoms with Gasteiger partial charge in [0.1, 0.15) is 5.78 Å². The van der Waals surface area contributed by atoms with Crippen LogP contribution in [0.1, 0.15) is 45.6 Å². The zero-order chi connectivity index (χ0) is 16.5. The molecule has 1 rings (SSSR count). The molecule has 0 radical (unpaired) electrons. The van der Waals surface area contributed by atoms with Gasteiger partial charge < -0.3 is 10.1 Å². The van der Waals surface area contributed by atoms with Crippen LogP contribution in [-0.2, 0) is 16.0 Å². The molecule has 0 aliphatic heterocycles. The zero-order valence-electron chi connectivity index (χ0n) is 14.6. The first kappa shape index (κ1) is 22.1. The molecular formula is C18H33NO2. The van der Waals surface area contributed by atoms with E-state index in [1.807, 2.05) is 33.9 Å². The Morgan fingerprint density at radius 2 is 1.71 bits per heavy atom. The first-order valence-electron chi connectivity index (χ1n) is 7.80. The number of hydrogen-bond donors (Lipinski definition) is 1. The summed E-state index contributed by atoms with van der Waals surface area (Å²) in [7, 11) is 5.18. The smallest absolute Gasteiger partial charge is 0.134 e. The number of carbonyl (C=O) groups excluding carboxylic acids is 1. The second-order valence-corrected chi connectivity index (χ2v) is 4.51. The Balaban J connectivity index is 0. The number of rotatable bonds is 7. The maximum atomic E-state index is 11.4. The number of nitrogens with one attached hydrogen (secondary N) is 1. The summed E-state index contributed by atoms with van der Waals surface area (Å²) in [6.07, 6.45) is 3.35. The summed E-state index contributed by atoms with van der Waals surface area (Å²) in [5.41, 5.74) is 1.34. The zero-order valence-corrected chi connectivity index (χ0v) is 14.6. The third-order valence-corrected chi connectivity index (χ3v) is 2.90. The van der Waals surface area contributed by atoms with Crippen molar-refractivity contribution in [3.63, 3.8) is 0 Å². The quantitative estimate of drug-likeness (QED) is 0.830. The van der Waals surface area contributed by atoms with Gasteiger partial charge in [0.2, 0.25) is 0 Å². The van der Waals surface area contributed by atoms with Crippen molar-refractivity contribution in [2.24, 2.45) is 0 Å². The summed E-state index contributed by atoms with van der Waals surface area (Å²) < 4.78 is 4.25. The number of ether oxygens (including phenoxy) is 1. The van der Waals surface area contributed by atoms with Crippen LogP contribution < -0.4 is 5.32 Å². The highest BCUT2D eigenvalue weighted by atomic mass is 16.4. The molecule has 1 aromatic carbocycles. The van der Waals surface area contributed by atoms with E-state index in [4.69, 9.17) is 0 Å². The number of methoxy groups -OCH3 is 1. The van der Waals surface area contributed by atoms with Gasteiger partial charge in [-0.15, -0.1) is 0 Å². The molecule has 0 spiro atoms. The molecule has 0 fully saturated rings. The molecular weight excluding hydrogens is 262 g/mol. The molecule has 1 unspecified atom stereocenters. The Bertz CT molecular complexity index is 325. The van der Waals surface area contributed by atoms with Crippen LogP contribution in [0.2, 0.25) is 0 Å². The SMILES string of the molecule is CC.CCC(=O)CC(CCc1ccccc1)NC.COC. The van der Waals surface area contributed by atoms with Crippen LogP contribution in [-0.4, -0.2) is 33.1 Å². The fourth-order valence-electron chi connectivity index (χ4n) is 1.75. The van der Waals surface area contributed by atoms with E-state index in [1.165, 1.54) is 5.56 Å². The molecule has 0 aromatic heterocycles. The molecule has 21 heavy (non-hydrogen) atoms. The van der Waals surface area contributed by atoms with E-state index in [9.17, 15) is 4.79 Å². The van der Waals surface area contributed by atoms with Gasteiger partial charge in [0.05, 0.1) is 0 Å². The van der Waals surface area contributed by atoms with Crippen LogP contribution in [0.4, 0.5) is 0 Å². The Kier molecular flexibility index (Phi) is 17.7. The van der Waals surface area contributed by atoms with Crippen LogP contribution in [0.25, 0.3) is 0 Å². The van der Waals surface area contributed by atoms with Crippen molar-refractivity contribution >= 4 is 5.78 Å². The van der Waals surface area contributed by atoms with Gasteiger partial charge in [-0.05, 0) is 25.5 Å². The number of benzene rings is 1. The number of Topliss-reactive ketones (excluding diaryl/α,β-unsaturated/α-hetero) is 1. The van der Waals surface area contributed by atoms with Crippen LogP contribution in [0, 0.1) is 0 Å². The molecule has 0 saturated carbocycles. The van der Waals surface area contributed by atoms with Crippen molar-refractivity contribution in [2.45, 2.75) is 52.5 Å². The van der Waals surface area contributed by atoms with Crippen LogP contribution in [0.3, 0.4) is 0 Å². The first-order chi connectivity index (χ1) is 10.2. The van der Waals surface area contributed by atoms with E-state index < -0.39 is 0 Å². The van der Waals surface area contributed by atoms with Gasteiger partial charge in [0.25, 0.3) is 0 Å². The summed E-state index contributed by atoms with van der Waals surface area (Å²) in [6.45, 7) is 5.92. The lowest BCUT2D eigenvalue weighted by Gasteiger charge is -2.14. The predicted molar refractivity (Wildman–Crippen MR) is 91.8 cm³/mol. The second kappa shape index (κ2) is 16.9. The van der Waals surface area contributed by atoms with Crippen molar-refractivity contribution in [2.75, 3.05) is 21.3 Å². The van der Waals surface area contributed by atoms with E-state index in [0.29, 0.717) is 24.7 Å². The van der Waals surface area contributed by atoms with Gasteiger partial charge in [0.15, 0.2) is 0 Å². The summed E-state index contributed by atoms with van der Waals surface area (Å²) >= 11 is 0. The van der Waals surface area contributed by atoms with Gasteiger partial charge in [-0.1, -0.05) is 51.1 Å². The number of carbonyl (C=O) groups is 1. The molecule has 0 aliphatic rings. The number of hydrogen-bond acceptors (Lipinski definition) is 3. The largest absolute Gasteiger partial charge is 0.388 e. The standard InChI is InChI=1S/C14H21NO.C2H6O.C2H6/c1-3-14(16)11-13(15-2)10-9-12-7-5-4-6-8-12;1-3-2;1-2/h4-8,13,15H,3,9-11H2,1-2H3;1-2H3;1-2H3. The van der Waals surface area contributed by atoms with E-state index in [2.05, 4.69) is 34.3 Å². The minimum Gasteiger partial charge on any atom is -0.388 e. The normalized spacial score (nSPS) is 10.6. The van der Waals surface area contributed by atoms with Crippen molar-refractivity contribution in [3.8, 4) is 0 Å². The molecule has 0 heterocycles. The predicted octanol–water partition coefficient (Wildman–Crippen LogP) is 3.87. The fourth-order valence-corrected chi connectivity index (χ4v) is 1.75. The topological polar surface area (TPSA) is 38.3 Å². The molecule has 3 nitrogen and oxygen atoms in total. The molecule has 3 heteroatoms. The van der Waals surface area contributed by atoms with Crippen molar-refractivity contribution in [1.82, 2.24) is 5.32 Å². The Morgan fingerprint density at radius 3 is 2.14 bits per heavy atom. The average Bonchev–Trinajstić information content (AvgIpc) is 2.54. The van der Waals surface area contributed by atoms with E-state index >= 15 is 0 Å². The molecule has 1 N–H and O–H groups in total. The molecule has 0 aliphatic carbocycles. The van der Waals surface area contributed by atoms with Gasteiger partial charge in [-0.25, -0.2) is 0 Å². The van der Waals surface area contributed by atoms with Crippen molar-refractivity contribution < 1.29 is 9.53 Å². The Labute approximate surface area is 131 Å². The number of aryl methyl sites for hydroxylation is 1. The highest BCUT2D eigenvalue weighted by Gasteiger charge is 2.10. The maximum Gasteiger partial charge on any atom is 0.134 e. The molecule has 0 bridgehead atoms. The highest BCUT2D eigenvalue weighted by molar-refractivity contribution is 5.78. The average molecular weight is 295 g/mol. The van der Waals surface area contributed by atoms with E-state index in [1.54, 1.807) is 14.2 Å². The maximum absolute atomic E-state index is 11.4. The van der Waals surface area contributed by atoms with Crippen LogP contribution in [0.5, 0.6) is 0 Å². The lowest BCUT2D eigenvalue weighted by Crippen LogP contribution is -2.28. The summed E-state index contributed by atoms with van der Waals surface area (Å²) in [5.74, 6) is 0.340. The fraction of sp³-hybridized carbons (Fsp3) is 0.611.